The Hall–Kier alpha value is -7.42. The predicted molar refractivity (Wildman–Crippen MR) is 256 cm³/mol. The molecule has 13 rings (SSSR count). The van der Waals surface area contributed by atoms with E-state index in [1.165, 1.54) is 41.1 Å². The van der Waals surface area contributed by atoms with Crippen LogP contribution in [-0.2, 0) is 5.41 Å². The Kier molecular flexibility index (Phi) is 7.72. The number of ether oxygens (including phenoxy) is 1. The van der Waals surface area contributed by atoms with Crippen LogP contribution < -0.4 is 30.9 Å². The van der Waals surface area contributed by atoms with Crippen molar-refractivity contribution in [2.24, 2.45) is 11.8 Å². The fourth-order valence-corrected chi connectivity index (χ4v) is 11.0. The molecule has 9 aromatic rings. The van der Waals surface area contributed by atoms with Gasteiger partial charge in [0.2, 0.25) is 0 Å². The Morgan fingerprint density at radius 1 is 0.645 bits per heavy atom. The smallest absolute Gasteiger partial charge is 0.257 e. The Bertz CT molecular complexity index is 3230. The molecule has 4 nitrogen and oxygen atoms in total. The maximum Gasteiger partial charge on any atom is 0.257 e. The van der Waals surface area contributed by atoms with Crippen LogP contribution in [0.25, 0.3) is 27.5 Å². The lowest BCUT2D eigenvalue weighted by atomic mass is 9.34. The minimum atomic E-state index is -0.0501. The van der Waals surface area contributed by atoms with Gasteiger partial charge in [-0.3, -0.25) is 0 Å². The summed E-state index contributed by atoms with van der Waals surface area (Å²) >= 11 is 0. The van der Waals surface area contributed by atoms with Crippen molar-refractivity contribution in [3.8, 4) is 17.2 Å². The highest BCUT2D eigenvalue weighted by molar-refractivity contribution is 6.99. The normalized spacial score (nSPS) is 19.1. The van der Waals surface area contributed by atoms with Gasteiger partial charge in [-0.15, -0.1) is 0 Å². The van der Waals surface area contributed by atoms with Crippen molar-refractivity contribution in [1.29, 1.82) is 0 Å². The van der Waals surface area contributed by atoms with Crippen molar-refractivity contribution >= 4 is 79.0 Å². The minimum Gasteiger partial charge on any atom is -0.458 e. The summed E-state index contributed by atoms with van der Waals surface area (Å²) in [5.41, 5.74) is 14.9. The SMILES string of the molecule is CC1(c2ccc(N(c3ccccc3)c3ccc4c5cc6c(cc5n(-c5ccccc5)c4c3)B3c4ccc#cc4N(c4ccccc4)c4cccc(c43)O6)cc2)C=CCC2CC2C1. The molecular formula is C57H42BN3O. The molecule has 1 saturated carbocycles. The molecule has 8 aromatic carbocycles. The number of anilines is 6. The number of hydrogen-bond donors (Lipinski definition) is 0. The first kappa shape index (κ1) is 35.4. The van der Waals surface area contributed by atoms with E-state index in [4.69, 9.17) is 4.74 Å². The molecule has 0 bridgehead atoms. The summed E-state index contributed by atoms with van der Waals surface area (Å²) in [6, 6.07) is 70.6. The van der Waals surface area contributed by atoms with Crippen molar-refractivity contribution in [2.45, 2.75) is 31.6 Å². The van der Waals surface area contributed by atoms with Crippen LogP contribution in [0.3, 0.4) is 0 Å². The maximum absolute atomic E-state index is 6.98. The van der Waals surface area contributed by atoms with E-state index in [0.29, 0.717) is 0 Å². The van der Waals surface area contributed by atoms with E-state index in [0.717, 1.165) is 85.0 Å². The molecule has 3 unspecified atom stereocenters. The highest BCUT2D eigenvalue weighted by Crippen LogP contribution is 2.52. The molecule has 3 heterocycles. The molecule has 294 valence electrons. The largest absolute Gasteiger partial charge is 0.458 e. The Morgan fingerprint density at radius 3 is 2.18 bits per heavy atom. The van der Waals surface area contributed by atoms with Gasteiger partial charge in [0, 0.05) is 50.3 Å². The molecule has 3 atom stereocenters. The summed E-state index contributed by atoms with van der Waals surface area (Å²) in [6.45, 7) is 2.37. The fourth-order valence-electron chi connectivity index (χ4n) is 11.0. The summed E-state index contributed by atoms with van der Waals surface area (Å²) in [5.74, 6) is 3.51. The second-order valence-corrected chi connectivity index (χ2v) is 17.8. The lowest BCUT2D eigenvalue weighted by Crippen LogP contribution is -2.59. The standard InChI is InChI=1S/C57H42BN3O/c1-57(32-14-15-38-33-39(38)37-57)40-26-28-44(29-27-40)59(41-16-5-2-6-17-41)45-30-31-46-47-35-55-49(36-53(47)61(52(46)34-45)43-20-9-4-10-21-43)58-48-22-11-12-23-50(48)60(42-18-7-3-8-19-42)51-24-13-25-54(62-55)56(51)58/h2-11,13-14,16-22,24-32,34-36,38-39H,15,33,37H2,1H3. The molecule has 1 fully saturated rings. The third-order valence-corrected chi connectivity index (χ3v) is 14.1. The quantitative estimate of drug-likeness (QED) is 0.124. The van der Waals surface area contributed by atoms with Gasteiger partial charge < -0.3 is 19.1 Å². The summed E-state index contributed by atoms with van der Waals surface area (Å²) in [6.07, 6.45) is 8.75. The Morgan fingerprint density at radius 2 is 1.37 bits per heavy atom. The average Bonchev–Trinajstić information content (AvgIpc) is 4.01. The van der Waals surface area contributed by atoms with Gasteiger partial charge in [0.25, 0.3) is 6.71 Å². The first-order valence-corrected chi connectivity index (χ1v) is 22.0. The lowest BCUT2D eigenvalue weighted by molar-refractivity contribution is 0.488. The van der Waals surface area contributed by atoms with Crippen LogP contribution in [0.5, 0.6) is 11.5 Å². The zero-order chi connectivity index (χ0) is 40.9. The monoisotopic (exact) mass is 795 g/mol. The molecule has 4 aliphatic rings. The number of aromatic nitrogens is 1. The average molecular weight is 796 g/mol. The predicted octanol–water partition coefficient (Wildman–Crippen LogP) is 12.5. The number of benzene rings is 7. The van der Waals surface area contributed by atoms with E-state index < -0.39 is 0 Å². The van der Waals surface area contributed by atoms with Gasteiger partial charge >= 0.3 is 0 Å². The van der Waals surface area contributed by atoms with Gasteiger partial charge in [-0.2, -0.15) is 0 Å². The number of rotatable bonds is 6. The zero-order valence-corrected chi connectivity index (χ0v) is 34.5. The molecular weight excluding hydrogens is 753 g/mol. The second-order valence-electron chi connectivity index (χ2n) is 17.8. The third-order valence-electron chi connectivity index (χ3n) is 14.1. The van der Waals surface area contributed by atoms with Crippen LogP contribution in [0, 0.1) is 24.0 Å². The van der Waals surface area contributed by atoms with Crippen molar-refractivity contribution < 1.29 is 4.74 Å². The van der Waals surface area contributed by atoms with Gasteiger partial charge in [-0.05, 0) is 150 Å². The highest BCUT2D eigenvalue weighted by Gasteiger charge is 2.44. The summed E-state index contributed by atoms with van der Waals surface area (Å²) in [7, 11) is 0. The number of allylic oxidation sites excluding steroid dienone is 2. The molecule has 2 aliphatic heterocycles. The first-order chi connectivity index (χ1) is 30.6. The van der Waals surface area contributed by atoms with E-state index in [1.54, 1.807) is 0 Å². The summed E-state index contributed by atoms with van der Waals surface area (Å²) in [4.78, 5) is 4.70. The topological polar surface area (TPSA) is 20.6 Å². The van der Waals surface area contributed by atoms with Crippen molar-refractivity contribution in [3.05, 3.63) is 206 Å². The van der Waals surface area contributed by atoms with Gasteiger partial charge in [0.1, 0.15) is 11.5 Å². The number of fused-ring (bicyclic) bond motifs is 8. The van der Waals surface area contributed by atoms with Crippen LogP contribution in [-0.4, -0.2) is 11.3 Å². The summed E-state index contributed by atoms with van der Waals surface area (Å²) in [5, 5.41) is 2.33. The van der Waals surface area contributed by atoms with E-state index in [1.807, 2.05) is 6.07 Å². The van der Waals surface area contributed by atoms with E-state index in [-0.39, 0.29) is 12.1 Å². The number of nitrogens with zero attached hydrogens (tertiary/aromatic N) is 3. The Balaban J connectivity index is 0.992. The molecule has 0 amide bonds. The first-order valence-electron chi connectivity index (χ1n) is 22.0. The third kappa shape index (κ3) is 5.43. The van der Waals surface area contributed by atoms with Crippen LogP contribution >= 0.6 is 0 Å². The van der Waals surface area contributed by atoms with Crippen molar-refractivity contribution in [1.82, 2.24) is 4.57 Å². The molecule has 0 N–H and O–H groups in total. The minimum absolute atomic E-state index is 0.0501. The number of hydrogen-bond acceptors (Lipinski definition) is 3. The molecule has 0 radical (unpaired) electrons. The van der Waals surface area contributed by atoms with E-state index >= 15 is 0 Å². The van der Waals surface area contributed by atoms with E-state index in [2.05, 4.69) is 215 Å². The molecule has 5 heteroatoms. The van der Waals surface area contributed by atoms with E-state index in [9.17, 15) is 0 Å². The van der Waals surface area contributed by atoms with Crippen LogP contribution in [0.2, 0.25) is 0 Å². The summed E-state index contributed by atoms with van der Waals surface area (Å²) < 4.78 is 9.42. The van der Waals surface area contributed by atoms with Gasteiger partial charge in [0.05, 0.1) is 16.7 Å². The molecule has 62 heavy (non-hydrogen) atoms. The van der Waals surface area contributed by atoms with Crippen molar-refractivity contribution in [2.75, 3.05) is 9.80 Å². The molecule has 0 spiro atoms. The van der Waals surface area contributed by atoms with Crippen LogP contribution in [0.1, 0.15) is 31.7 Å². The molecule has 2 aliphatic carbocycles. The fraction of sp³-hybridized carbons (Fsp3) is 0.123. The van der Waals surface area contributed by atoms with Gasteiger partial charge in [-0.25, -0.2) is 0 Å². The molecule has 1 aromatic heterocycles. The zero-order valence-electron chi connectivity index (χ0n) is 34.5. The van der Waals surface area contributed by atoms with Gasteiger partial charge in [0.15, 0.2) is 0 Å². The van der Waals surface area contributed by atoms with Crippen LogP contribution in [0.15, 0.2) is 188 Å². The van der Waals surface area contributed by atoms with Crippen molar-refractivity contribution in [3.63, 3.8) is 0 Å². The molecule has 0 saturated heterocycles. The second kappa shape index (κ2) is 13.5. The Labute approximate surface area is 363 Å². The highest BCUT2D eigenvalue weighted by atomic mass is 16.5. The maximum atomic E-state index is 6.98. The van der Waals surface area contributed by atoms with Gasteiger partial charge in [-0.1, -0.05) is 110 Å². The van der Waals surface area contributed by atoms with Crippen LogP contribution in [0.4, 0.5) is 34.1 Å². The lowest BCUT2D eigenvalue weighted by Gasteiger charge is -2.38. The number of para-hydroxylation sites is 3.